The van der Waals surface area contributed by atoms with Crippen LogP contribution in [0.3, 0.4) is 0 Å². The van der Waals surface area contributed by atoms with Crippen LogP contribution in [0.25, 0.3) is 0 Å². The van der Waals surface area contributed by atoms with Gasteiger partial charge in [-0.15, -0.1) is 11.3 Å². The maximum Gasteiger partial charge on any atom is 0.268 e. The van der Waals surface area contributed by atoms with Crippen molar-refractivity contribution in [2.45, 2.75) is 6.92 Å². The second kappa shape index (κ2) is 4.71. The third-order valence-corrected chi connectivity index (χ3v) is 3.14. The Bertz CT molecular complexity index is 513. The van der Waals surface area contributed by atoms with Crippen molar-refractivity contribution in [2.24, 2.45) is 0 Å². The Hall–Kier alpha value is -1.27. The van der Waals surface area contributed by atoms with Gasteiger partial charge >= 0.3 is 0 Å². The molecule has 0 radical (unpaired) electrons. The average molecular weight is 298 g/mol. The number of rotatable bonds is 2. The molecule has 0 unspecified atom stereocenters. The van der Waals surface area contributed by atoms with Crippen molar-refractivity contribution >= 4 is 39.0 Å². The van der Waals surface area contributed by atoms with Crippen LogP contribution in [0.15, 0.2) is 28.4 Å². The highest BCUT2D eigenvalue weighted by Gasteiger charge is 2.09. The topological polar surface area (TPSA) is 54.9 Å². The number of pyridine rings is 1. The van der Waals surface area contributed by atoms with Gasteiger partial charge in [-0.2, -0.15) is 0 Å². The summed E-state index contributed by atoms with van der Waals surface area (Å²) in [6, 6.07) is 1.90. The molecule has 0 spiro atoms. The number of hydrogen-bond acceptors (Lipinski definition) is 4. The molecule has 1 amide bonds. The van der Waals surface area contributed by atoms with Crippen LogP contribution >= 0.6 is 27.3 Å². The van der Waals surface area contributed by atoms with Crippen molar-refractivity contribution in [2.75, 3.05) is 5.32 Å². The highest BCUT2D eigenvalue weighted by atomic mass is 79.9. The molecule has 0 fully saturated rings. The van der Waals surface area contributed by atoms with E-state index in [4.69, 9.17) is 0 Å². The van der Waals surface area contributed by atoms with Gasteiger partial charge in [-0.3, -0.25) is 9.78 Å². The summed E-state index contributed by atoms with van der Waals surface area (Å²) in [6.07, 6.45) is 3.18. The van der Waals surface area contributed by atoms with Crippen LogP contribution in [-0.2, 0) is 0 Å². The highest BCUT2D eigenvalue weighted by molar-refractivity contribution is 9.10. The van der Waals surface area contributed by atoms with Gasteiger partial charge in [0.15, 0.2) is 0 Å². The lowest BCUT2D eigenvalue weighted by Gasteiger charge is -2.05. The highest BCUT2D eigenvalue weighted by Crippen LogP contribution is 2.18. The smallest absolute Gasteiger partial charge is 0.268 e. The van der Waals surface area contributed by atoms with Gasteiger partial charge in [-0.05, 0) is 34.5 Å². The van der Waals surface area contributed by atoms with E-state index in [0.717, 1.165) is 10.0 Å². The van der Waals surface area contributed by atoms with Crippen LogP contribution in [0.2, 0.25) is 0 Å². The Kier molecular flexibility index (Phi) is 3.31. The summed E-state index contributed by atoms with van der Waals surface area (Å²) < 4.78 is 0.890. The van der Waals surface area contributed by atoms with Crippen LogP contribution in [0.1, 0.15) is 15.2 Å². The zero-order valence-electron chi connectivity index (χ0n) is 8.40. The Morgan fingerprint density at radius 1 is 1.50 bits per heavy atom. The quantitative estimate of drug-likeness (QED) is 0.927. The van der Waals surface area contributed by atoms with E-state index < -0.39 is 0 Å². The monoisotopic (exact) mass is 297 g/mol. The summed E-state index contributed by atoms with van der Waals surface area (Å²) in [7, 11) is 0. The molecule has 2 aromatic rings. The standard InChI is InChI=1S/C10H8BrN3OS/c1-6-2-7(11)3-13-9(6)14-10(15)8-4-12-5-16-8/h2-5H,1H3,(H,13,14,15). The SMILES string of the molecule is Cc1cc(Br)cnc1NC(=O)c1cncs1. The van der Waals surface area contributed by atoms with E-state index in [1.807, 2.05) is 13.0 Å². The van der Waals surface area contributed by atoms with Crippen LogP contribution in [-0.4, -0.2) is 15.9 Å². The van der Waals surface area contributed by atoms with Crippen molar-refractivity contribution in [3.05, 3.63) is 38.9 Å². The summed E-state index contributed by atoms with van der Waals surface area (Å²) in [5.74, 6) is 0.391. The first-order chi connectivity index (χ1) is 7.66. The first-order valence-electron chi connectivity index (χ1n) is 4.49. The van der Waals surface area contributed by atoms with Crippen molar-refractivity contribution < 1.29 is 4.79 Å². The van der Waals surface area contributed by atoms with Crippen LogP contribution < -0.4 is 5.32 Å². The van der Waals surface area contributed by atoms with E-state index in [0.29, 0.717) is 10.7 Å². The van der Waals surface area contributed by atoms with Crippen molar-refractivity contribution in [1.82, 2.24) is 9.97 Å². The van der Waals surface area contributed by atoms with Gasteiger partial charge in [-0.25, -0.2) is 4.98 Å². The van der Waals surface area contributed by atoms with E-state index in [1.165, 1.54) is 17.5 Å². The summed E-state index contributed by atoms with van der Waals surface area (Å²) >= 11 is 4.62. The van der Waals surface area contributed by atoms with Crippen molar-refractivity contribution in [3.8, 4) is 0 Å². The van der Waals surface area contributed by atoms with E-state index in [-0.39, 0.29) is 5.91 Å². The molecule has 0 saturated carbocycles. The minimum atomic E-state index is -0.180. The fourth-order valence-electron chi connectivity index (χ4n) is 1.17. The Morgan fingerprint density at radius 3 is 2.94 bits per heavy atom. The third-order valence-electron chi connectivity index (χ3n) is 1.93. The predicted molar refractivity (Wildman–Crippen MR) is 66.7 cm³/mol. The van der Waals surface area contributed by atoms with Gasteiger partial charge in [-0.1, -0.05) is 0 Å². The summed E-state index contributed by atoms with van der Waals surface area (Å²) in [5.41, 5.74) is 2.53. The molecule has 1 N–H and O–H groups in total. The molecule has 0 aliphatic carbocycles. The molecule has 0 aliphatic rings. The molecule has 0 saturated heterocycles. The largest absolute Gasteiger partial charge is 0.306 e. The first kappa shape index (κ1) is 11.2. The molecular formula is C10H8BrN3OS. The number of carbonyl (C=O) groups is 1. The normalized spacial score (nSPS) is 10.1. The zero-order valence-corrected chi connectivity index (χ0v) is 10.8. The first-order valence-corrected chi connectivity index (χ1v) is 6.16. The fourth-order valence-corrected chi connectivity index (χ4v) is 2.13. The van der Waals surface area contributed by atoms with Gasteiger partial charge in [0.05, 0.1) is 11.7 Å². The van der Waals surface area contributed by atoms with E-state index in [9.17, 15) is 4.79 Å². The lowest BCUT2D eigenvalue weighted by Crippen LogP contribution is -2.12. The van der Waals surface area contributed by atoms with Crippen molar-refractivity contribution in [1.29, 1.82) is 0 Å². The molecule has 2 heterocycles. The second-order valence-corrected chi connectivity index (χ2v) is 4.94. The molecule has 6 heteroatoms. The van der Waals surface area contributed by atoms with Gasteiger partial charge in [0.25, 0.3) is 5.91 Å². The zero-order chi connectivity index (χ0) is 11.5. The maximum atomic E-state index is 11.7. The molecular weight excluding hydrogens is 290 g/mol. The minimum absolute atomic E-state index is 0.180. The van der Waals surface area contributed by atoms with Gasteiger partial charge < -0.3 is 5.32 Å². The fraction of sp³-hybridized carbons (Fsp3) is 0.100. The van der Waals surface area contributed by atoms with Crippen LogP contribution in [0.5, 0.6) is 0 Å². The number of amides is 1. The molecule has 0 aromatic carbocycles. The number of carbonyl (C=O) groups excluding carboxylic acids is 1. The van der Waals surface area contributed by atoms with Crippen LogP contribution in [0, 0.1) is 6.92 Å². The second-order valence-electron chi connectivity index (χ2n) is 3.14. The Morgan fingerprint density at radius 2 is 2.31 bits per heavy atom. The number of thiazole rings is 1. The summed E-state index contributed by atoms with van der Waals surface area (Å²) in [4.78, 5) is 20.3. The van der Waals surface area contributed by atoms with Gasteiger partial charge in [0.1, 0.15) is 10.7 Å². The number of nitrogens with zero attached hydrogens (tertiary/aromatic N) is 2. The lowest BCUT2D eigenvalue weighted by molar-refractivity contribution is 0.103. The Balaban J connectivity index is 2.18. The molecule has 0 aliphatic heterocycles. The van der Waals surface area contributed by atoms with E-state index >= 15 is 0 Å². The minimum Gasteiger partial charge on any atom is -0.306 e. The molecule has 4 nitrogen and oxygen atoms in total. The van der Waals surface area contributed by atoms with Gasteiger partial charge in [0, 0.05) is 10.7 Å². The maximum absolute atomic E-state index is 11.7. The third kappa shape index (κ3) is 2.45. The Labute approximate surface area is 105 Å². The number of halogens is 1. The molecule has 16 heavy (non-hydrogen) atoms. The van der Waals surface area contributed by atoms with Crippen LogP contribution in [0.4, 0.5) is 5.82 Å². The average Bonchev–Trinajstić information content (AvgIpc) is 2.75. The molecule has 0 bridgehead atoms. The summed E-state index contributed by atoms with van der Waals surface area (Å²) in [6.45, 7) is 1.89. The number of aromatic nitrogens is 2. The number of anilines is 1. The predicted octanol–water partition coefficient (Wildman–Crippen LogP) is 2.86. The molecule has 82 valence electrons. The molecule has 2 rings (SSSR count). The number of aryl methyl sites for hydroxylation is 1. The number of hydrogen-bond donors (Lipinski definition) is 1. The molecule has 0 atom stereocenters. The summed E-state index contributed by atoms with van der Waals surface area (Å²) in [5, 5.41) is 2.74. The van der Waals surface area contributed by atoms with E-state index in [1.54, 1.807) is 11.7 Å². The molecule has 2 aromatic heterocycles. The number of nitrogens with one attached hydrogen (secondary N) is 1. The van der Waals surface area contributed by atoms with E-state index in [2.05, 4.69) is 31.2 Å². The van der Waals surface area contributed by atoms with Crippen molar-refractivity contribution in [3.63, 3.8) is 0 Å². The van der Waals surface area contributed by atoms with Gasteiger partial charge in [0.2, 0.25) is 0 Å². The lowest BCUT2D eigenvalue weighted by atomic mass is 10.3.